The van der Waals surface area contributed by atoms with Crippen molar-refractivity contribution >= 4 is 17.5 Å². The van der Waals surface area contributed by atoms with Gasteiger partial charge in [0.25, 0.3) is 11.5 Å². The summed E-state index contributed by atoms with van der Waals surface area (Å²) < 4.78 is 38.9. The van der Waals surface area contributed by atoms with Crippen LogP contribution in [0, 0.1) is 12.3 Å². The average Bonchev–Trinajstić information content (AvgIpc) is 2.61. The van der Waals surface area contributed by atoms with Crippen molar-refractivity contribution in [1.29, 1.82) is 0 Å². The highest BCUT2D eigenvalue weighted by molar-refractivity contribution is 6.03. The number of rotatable bonds is 5. The van der Waals surface area contributed by atoms with E-state index in [0.717, 1.165) is 6.07 Å². The molecule has 0 atom stereocenters. The number of terminal acetylenes is 1. The van der Waals surface area contributed by atoms with Gasteiger partial charge in [0.1, 0.15) is 6.54 Å². The molecule has 1 heterocycles. The Kier molecular flexibility index (Phi) is 6.03. The van der Waals surface area contributed by atoms with Crippen molar-refractivity contribution < 1.29 is 22.8 Å². The SMILES string of the molecule is C#CCNC(=O)c1ccccc1NC(=O)Cn1cc(C(F)(F)F)ccc1=O. The molecule has 1 aromatic carbocycles. The summed E-state index contributed by atoms with van der Waals surface area (Å²) in [6, 6.07) is 7.39. The Morgan fingerprint density at radius 3 is 2.52 bits per heavy atom. The Morgan fingerprint density at radius 2 is 1.85 bits per heavy atom. The van der Waals surface area contributed by atoms with E-state index in [2.05, 4.69) is 16.6 Å². The number of nitrogens with zero attached hydrogens (tertiary/aromatic N) is 1. The molecule has 1 aromatic heterocycles. The predicted octanol–water partition coefficient (Wildman–Crippen LogP) is 1.87. The Morgan fingerprint density at radius 1 is 1.15 bits per heavy atom. The molecule has 0 unspecified atom stereocenters. The Labute approximate surface area is 152 Å². The molecule has 0 aliphatic heterocycles. The highest BCUT2D eigenvalue weighted by atomic mass is 19.4. The van der Waals surface area contributed by atoms with E-state index in [9.17, 15) is 27.6 Å². The maximum atomic E-state index is 12.8. The first-order valence-electron chi connectivity index (χ1n) is 7.60. The van der Waals surface area contributed by atoms with E-state index in [0.29, 0.717) is 16.8 Å². The summed E-state index contributed by atoms with van der Waals surface area (Å²) in [5.74, 6) is 0.938. The molecule has 6 nitrogen and oxygen atoms in total. The van der Waals surface area contributed by atoms with Crippen molar-refractivity contribution in [3.63, 3.8) is 0 Å². The maximum absolute atomic E-state index is 12.8. The van der Waals surface area contributed by atoms with E-state index in [4.69, 9.17) is 6.42 Å². The summed E-state index contributed by atoms with van der Waals surface area (Å²) in [4.78, 5) is 35.9. The standard InChI is InChI=1S/C18H14F3N3O3/c1-2-9-22-17(27)13-5-3-4-6-14(13)23-15(25)11-24-10-12(18(19,20)21)7-8-16(24)26/h1,3-8,10H,9,11H2,(H,22,27)(H,23,25). The van der Waals surface area contributed by atoms with Gasteiger partial charge in [0.15, 0.2) is 0 Å². The first kappa shape index (κ1) is 19.8. The number of anilines is 1. The number of carbonyl (C=O) groups is 2. The number of halogens is 3. The molecular formula is C18H14F3N3O3. The summed E-state index contributed by atoms with van der Waals surface area (Å²) in [5, 5.41) is 4.85. The molecule has 2 amide bonds. The summed E-state index contributed by atoms with van der Waals surface area (Å²) in [7, 11) is 0. The number of amides is 2. The van der Waals surface area contributed by atoms with Gasteiger partial charge in [-0.2, -0.15) is 13.2 Å². The van der Waals surface area contributed by atoms with Crippen LogP contribution in [0.25, 0.3) is 0 Å². The molecule has 0 bridgehead atoms. The smallest absolute Gasteiger partial charge is 0.341 e. The number of carbonyl (C=O) groups excluding carboxylic acids is 2. The monoisotopic (exact) mass is 377 g/mol. The predicted molar refractivity (Wildman–Crippen MR) is 91.9 cm³/mol. The number of aromatic nitrogens is 1. The minimum atomic E-state index is -4.65. The molecule has 0 saturated heterocycles. The number of alkyl halides is 3. The molecular weight excluding hydrogens is 363 g/mol. The first-order chi connectivity index (χ1) is 12.7. The molecule has 0 aliphatic rings. The van der Waals surface area contributed by atoms with Crippen molar-refractivity contribution in [2.45, 2.75) is 12.7 Å². The van der Waals surface area contributed by atoms with Gasteiger partial charge < -0.3 is 15.2 Å². The van der Waals surface area contributed by atoms with E-state index in [1.165, 1.54) is 12.1 Å². The molecule has 0 saturated carbocycles. The van der Waals surface area contributed by atoms with Crippen molar-refractivity contribution in [1.82, 2.24) is 9.88 Å². The van der Waals surface area contributed by atoms with E-state index < -0.39 is 35.7 Å². The molecule has 0 fully saturated rings. The fourth-order valence-corrected chi connectivity index (χ4v) is 2.18. The zero-order chi connectivity index (χ0) is 20.0. The van der Waals surface area contributed by atoms with Crippen LogP contribution in [0.3, 0.4) is 0 Å². The molecule has 9 heteroatoms. The average molecular weight is 377 g/mol. The van der Waals surface area contributed by atoms with Gasteiger partial charge >= 0.3 is 6.18 Å². The summed E-state index contributed by atoms with van der Waals surface area (Å²) in [6.45, 7) is -0.663. The van der Waals surface area contributed by atoms with Crippen LogP contribution in [0.4, 0.5) is 18.9 Å². The number of pyridine rings is 1. The van der Waals surface area contributed by atoms with Crippen LogP contribution >= 0.6 is 0 Å². The lowest BCUT2D eigenvalue weighted by Gasteiger charge is -2.13. The second-order valence-electron chi connectivity index (χ2n) is 5.36. The minimum absolute atomic E-state index is 0.0132. The third kappa shape index (κ3) is 5.22. The fraction of sp³-hybridized carbons (Fsp3) is 0.167. The summed E-state index contributed by atoms with van der Waals surface area (Å²) in [5.41, 5.74) is -1.56. The molecule has 0 spiro atoms. The highest BCUT2D eigenvalue weighted by Crippen LogP contribution is 2.28. The van der Waals surface area contributed by atoms with Crippen molar-refractivity contribution in [3.8, 4) is 12.3 Å². The third-order valence-electron chi connectivity index (χ3n) is 3.42. The van der Waals surface area contributed by atoms with Crippen LogP contribution < -0.4 is 16.2 Å². The topological polar surface area (TPSA) is 80.2 Å². The maximum Gasteiger partial charge on any atom is 0.417 e. The number of benzene rings is 1. The van der Waals surface area contributed by atoms with Gasteiger partial charge in [0.05, 0.1) is 23.4 Å². The second-order valence-corrected chi connectivity index (χ2v) is 5.36. The van der Waals surface area contributed by atoms with Crippen molar-refractivity contribution in [2.75, 3.05) is 11.9 Å². The quantitative estimate of drug-likeness (QED) is 0.781. The number of hydrogen-bond donors (Lipinski definition) is 2. The molecule has 140 valence electrons. The lowest BCUT2D eigenvalue weighted by Crippen LogP contribution is -2.29. The first-order valence-corrected chi connectivity index (χ1v) is 7.60. The van der Waals surface area contributed by atoms with E-state index in [1.54, 1.807) is 12.1 Å². The van der Waals surface area contributed by atoms with Gasteiger partial charge in [-0.15, -0.1) is 6.42 Å². The molecule has 2 aromatic rings. The van der Waals surface area contributed by atoms with Gasteiger partial charge in [-0.25, -0.2) is 0 Å². The van der Waals surface area contributed by atoms with E-state index >= 15 is 0 Å². The van der Waals surface area contributed by atoms with E-state index in [1.807, 2.05) is 0 Å². The van der Waals surface area contributed by atoms with Gasteiger partial charge in [0.2, 0.25) is 5.91 Å². The zero-order valence-corrected chi connectivity index (χ0v) is 13.8. The van der Waals surface area contributed by atoms with Gasteiger partial charge in [-0.1, -0.05) is 18.1 Å². The van der Waals surface area contributed by atoms with Gasteiger partial charge in [0, 0.05) is 12.3 Å². The Balaban J connectivity index is 2.19. The number of para-hydroxylation sites is 1. The lowest BCUT2D eigenvalue weighted by molar-refractivity contribution is -0.138. The van der Waals surface area contributed by atoms with Gasteiger partial charge in [-0.05, 0) is 18.2 Å². The van der Waals surface area contributed by atoms with Crippen LogP contribution in [-0.4, -0.2) is 22.9 Å². The summed E-state index contributed by atoms with van der Waals surface area (Å²) >= 11 is 0. The molecule has 0 aliphatic carbocycles. The van der Waals surface area contributed by atoms with Crippen molar-refractivity contribution in [2.24, 2.45) is 0 Å². The molecule has 0 radical (unpaired) electrons. The van der Waals surface area contributed by atoms with Crippen LogP contribution in [0.2, 0.25) is 0 Å². The van der Waals surface area contributed by atoms with Crippen LogP contribution in [-0.2, 0) is 17.5 Å². The largest absolute Gasteiger partial charge is 0.417 e. The minimum Gasteiger partial charge on any atom is -0.341 e. The van der Waals surface area contributed by atoms with Crippen LogP contribution in [0.15, 0.2) is 47.4 Å². The summed E-state index contributed by atoms with van der Waals surface area (Å²) in [6.07, 6.45) is 0.987. The third-order valence-corrected chi connectivity index (χ3v) is 3.42. The highest BCUT2D eigenvalue weighted by Gasteiger charge is 2.31. The fourth-order valence-electron chi connectivity index (χ4n) is 2.18. The molecule has 2 rings (SSSR count). The van der Waals surface area contributed by atoms with Crippen molar-refractivity contribution in [3.05, 3.63) is 64.1 Å². The molecule has 2 N–H and O–H groups in total. The zero-order valence-electron chi connectivity index (χ0n) is 13.8. The number of nitrogens with one attached hydrogen (secondary N) is 2. The van der Waals surface area contributed by atoms with Crippen LogP contribution in [0.5, 0.6) is 0 Å². The second kappa shape index (κ2) is 8.23. The molecule has 27 heavy (non-hydrogen) atoms. The van der Waals surface area contributed by atoms with Crippen LogP contribution in [0.1, 0.15) is 15.9 Å². The Hall–Kier alpha value is -3.54. The lowest BCUT2D eigenvalue weighted by atomic mass is 10.1. The number of hydrogen-bond acceptors (Lipinski definition) is 3. The Bertz CT molecular complexity index is 959. The van der Waals surface area contributed by atoms with Gasteiger partial charge in [-0.3, -0.25) is 14.4 Å². The normalized spacial score (nSPS) is 10.7. The van der Waals surface area contributed by atoms with E-state index in [-0.39, 0.29) is 17.8 Å².